The summed E-state index contributed by atoms with van der Waals surface area (Å²) in [7, 11) is 0. The average molecular weight is 258 g/mol. The van der Waals surface area contributed by atoms with Crippen LogP contribution < -0.4 is 0 Å². The minimum atomic E-state index is -0.279. The van der Waals surface area contributed by atoms with Gasteiger partial charge in [-0.1, -0.05) is 0 Å². The minimum absolute atomic E-state index is 0.0537. The van der Waals surface area contributed by atoms with E-state index in [1.807, 2.05) is 32.6 Å². The lowest BCUT2D eigenvalue weighted by molar-refractivity contribution is -0.145. The van der Waals surface area contributed by atoms with Crippen LogP contribution in [0, 0.1) is 0 Å². The summed E-state index contributed by atoms with van der Waals surface area (Å²) < 4.78 is 4.91. The van der Waals surface area contributed by atoms with Gasteiger partial charge in [-0.3, -0.25) is 14.5 Å². The Morgan fingerprint density at radius 2 is 1.61 bits per heavy atom. The molecule has 0 aliphatic carbocycles. The molecule has 106 valence electrons. The fraction of sp³-hybridized carbons (Fsp3) is 0.846. The van der Waals surface area contributed by atoms with Crippen LogP contribution in [0.3, 0.4) is 0 Å². The zero-order valence-electron chi connectivity index (χ0n) is 12.2. The molecule has 0 radical (unpaired) electrons. The van der Waals surface area contributed by atoms with E-state index in [1.165, 1.54) is 0 Å². The molecular formula is C13H26N2O3. The molecular weight excluding hydrogens is 232 g/mol. The standard InChI is InChI=1S/C13H26N2O3/c1-6-14(7-2)12(16)9-15(11(4)5)10-13(17)18-8-3/h11H,6-10H2,1-5H3. The zero-order valence-corrected chi connectivity index (χ0v) is 12.2. The van der Waals surface area contributed by atoms with Crippen LogP contribution in [-0.4, -0.2) is 60.5 Å². The number of hydrogen-bond donors (Lipinski definition) is 0. The van der Waals surface area contributed by atoms with Crippen LogP contribution in [0.2, 0.25) is 0 Å². The molecule has 0 saturated heterocycles. The van der Waals surface area contributed by atoms with E-state index in [9.17, 15) is 9.59 Å². The second-order valence-corrected chi connectivity index (χ2v) is 4.37. The van der Waals surface area contributed by atoms with Crippen molar-refractivity contribution in [3.63, 3.8) is 0 Å². The Hall–Kier alpha value is -1.10. The predicted molar refractivity (Wildman–Crippen MR) is 71.3 cm³/mol. The smallest absolute Gasteiger partial charge is 0.320 e. The largest absolute Gasteiger partial charge is 0.465 e. The summed E-state index contributed by atoms with van der Waals surface area (Å²) in [6.07, 6.45) is 0. The number of rotatable bonds is 8. The number of esters is 1. The molecule has 0 aliphatic rings. The van der Waals surface area contributed by atoms with Crippen molar-refractivity contribution in [3.8, 4) is 0 Å². The molecule has 0 heterocycles. The summed E-state index contributed by atoms with van der Waals surface area (Å²) >= 11 is 0. The van der Waals surface area contributed by atoms with Gasteiger partial charge in [-0.15, -0.1) is 0 Å². The molecule has 5 nitrogen and oxygen atoms in total. The number of likely N-dealkylation sites (N-methyl/N-ethyl adjacent to an activating group) is 1. The highest BCUT2D eigenvalue weighted by Gasteiger charge is 2.20. The van der Waals surface area contributed by atoms with Crippen LogP contribution in [0.5, 0.6) is 0 Å². The molecule has 0 N–H and O–H groups in total. The fourth-order valence-corrected chi connectivity index (χ4v) is 1.64. The second-order valence-electron chi connectivity index (χ2n) is 4.37. The van der Waals surface area contributed by atoms with Crippen molar-refractivity contribution in [2.45, 2.75) is 40.7 Å². The zero-order chi connectivity index (χ0) is 14.1. The maximum absolute atomic E-state index is 12.0. The highest BCUT2D eigenvalue weighted by molar-refractivity contribution is 5.79. The summed E-state index contributed by atoms with van der Waals surface area (Å²) in [5.74, 6) is -0.225. The molecule has 0 aromatic heterocycles. The highest BCUT2D eigenvalue weighted by atomic mass is 16.5. The quantitative estimate of drug-likeness (QED) is 0.612. The van der Waals surface area contributed by atoms with Gasteiger partial charge in [-0.2, -0.15) is 0 Å². The molecule has 0 spiro atoms. The third-order valence-electron chi connectivity index (χ3n) is 2.82. The Bertz CT molecular complexity index is 263. The Morgan fingerprint density at radius 3 is 2.00 bits per heavy atom. The van der Waals surface area contributed by atoms with Gasteiger partial charge in [0.1, 0.15) is 0 Å². The van der Waals surface area contributed by atoms with Crippen LogP contribution >= 0.6 is 0 Å². The van der Waals surface area contributed by atoms with Crippen LogP contribution in [0.25, 0.3) is 0 Å². The first-order chi connectivity index (χ1) is 8.46. The van der Waals surface area contributed by atoms with Crippen molar-refractivity contribution in [2.24, 2.45) is 0 Å². The molecule has 1 amide bonds. The third kappa shape index (κ3) is 6.00. The van der Waals surface area contributed by atoms with Gasteiger partial charge in [0.25, 0.3) is 0 Å². The van der Waals surface area contributed by atoms with E-state index in [4.69, 9.17) is 4.74 Å². The molecule has 0 atom stereocenters. The number of carbonyl (C=O) groups is 2. The van der Waals surface area contributed by atoms with Crippen molar-refractivity contribution in [2.75, 3.05) is 32.8 Å². The summed E-state index contributed by atoms with van der Waals surface area (Å²) in [5.41, 5.74) is 0. The van der Waals surface area contributed by atoms with E-state index in [1.54, 1.807) is 11.8 Å². The van der Waals surface area contributed by atoms with E-state index in [2.05, 4.69) is 0 Å². The van der Waals surface area contributed by atoms with Crippen molar-refractivity contribution >= 4 is 11.9 Å². The minimum Gasteiger partial charge on any atom is -0.465 e. The van der Waals surface area contributed by atoms with Crippen LogP contribution in [0.1, 0.15) is 34.6 Å². The number of nitrogens with zero attached hydrogens (tertiary/aromatic N) is 2. The van der Waals surface area contributed by atoms with Crippen molar-refractivity contribution in [1.82, 2.24) is 9.80 Å². The van der Waals surface area contributed by atoms with Gasteiger partial charge >= 0.3 is 5.97 Å². The van der Waals surface area contributed by atoms with Gasteiger partial charge in [-0.25, -0.2) is 0 Å². The van der Waals surface area contributed by atoms with Crippen molar-refractivity contribution < 1.29 is 14.3 Å². The lowest BCUT2D eigenvalue weighted by Crippen LogP contribution is -2.45. The number of amides is 1. The molecule has 0 aromatic rings. The summed E-state index contributed by atoms with van der Waals surface area (Å²) in [5, 5.41) is 0. The van der Waals surface area contributed by atoms with Crippen LogP contribution in [-0.2, 0) is 14.3 Å². The predicted octanol–water partition coefficient (Wildman–Crippen LogP) is 1.13. The molecule has 0 unspecified atom stereocenters. The van der Waals surface area contributed by atoms with E-state index >= 15 is 0 Å². The second kappa shape index (κ2) is 8.91. The fourth-order valence-electron chi connectivity index (χ4n) is 1.64. The normalized spacial score (nSPS) is 10.8. The Balaban J connectivity index is 4.44. The summed E-state index contributed by atoms with van der Waals surface area (Å²) in [4.78, 5) is 27.0. The number of carbonyl (C=O) groups excluding carboxylic acids is 2. The molecule has 0 aliphatic heterocycles. The lowest BCUT2D eigenvalue weighted by Gasteiger charge is -2.28. The maximum Gasteiger partial charge on any atom is 0.320 e. The monoisotopic (exact) mass is 258 g/mol. The molecule has 0 fully saturated rings. The number of hydrogen-bond acceptors (Lipinski definition) is 4. The molecule has 0 saturated carbocycles. The molecule has 5 heteroatoms. The maximum atomic E-state index is 12.0. The van der Waals surface area contributed by atoms with Crippen LogP contribution in [0.4, 0.5) is 0 Å². The van der Waals surface area contributed by atoms with Gasteiger partial charge in [-0.05, 0) is 34.6 Å². The van der Waals surface area contributed by atoms with Crippen LogP contribution in [0.15, 0.2) is 0 Å². The van der Waals surface area contributed by atoms with E-state index in [0.29, 0.717) is 19.7 Å². The van der Waals surface area contributed by atoms with E-state index in [-0.39, 0.29) is 31.0 Å². The Morgan fingerprint density at radius 1 is 1.06 bits per heavy atom. The van der Waals surface area contributed by atoms with E-state index < -0.39 is 0 Å². The molecule has 0 rings (SSSR count). The molecule has 18 heavy (non-hydrogen) atoms. The van der Waals surface area contributed by atoms with E-state index in [0.717, 1.165) is 0 Å². The van der Waals surface area contributed by atoms with Crippen molar-refractivity contribution in [1.29, 1.82) is 0 Å². The van der Waals surface area contributed by atoms with Crippen molar-refractivity contribution in [3.05, 3.63) is 0 Å². The average Bonchev–Trinajstić information content (AvgIpc) is 2.29. The SMILES string of the molecule is CCOC(=O)CN(CC(=O)N(CC)CC)C(C)C. The highest BCUT2D eigenvalue weighted by Crippen LogP contribution is 2.01. The van der Waals surface area contributed by atoms with Gasteiger partial charge in [0.2, 0.25) is 5.91 Å². The first kappa shape index (κ1) is 16.9. The first-order valence-electron chi connectivity index (χ1n) is 6.63. The van der Waals surface area contributed by atoms with Gasteiger partial charge in [0, 0.05) is 19.1 Å². The Labute approximate surface area is 110 Å². The van der Waals surface area contributed by atoms with Gasteiger partial charge < -0.3 is 9.64 Å². The summed E-state index contributed by atoms with van der Waals surface area (Å²) in [6.45, 7) is 11.8. The molecule has 0 aromatic carbocycles. The topological polar surface area (TPSA) is 49.9 Å². The lowest BCUT2D eigenvalue weighted by atomic mass is 10.3. The Kier molecular flexibility index (Phi) is 8.37. The van der Waals surface area contributed by atoms with Gasteiger partial charge in [0.15, 0.2) is 0 Å². The summed E-state index contributed by atoms with van der Waals surface area (Å²) in [6, 6.07) is 0.133. The number of ether oxygens (including phenoxy) is 1. The van der Waals surface area contributed by atoms with Gasteiger partial charge in [0.05, 0.1) is 19.7 Å². The molecule has 0 bridgehead atoms. The first-order valence-corrected chi connectivity index (χ1v) is 6.63. The third-order valence-corrected chi connectivity index (χ3v) is 2.82.